The molecule has 1 aliphatic heterocycles. The van der Waals surface area contributed by atoms with Crippen LogP contribution in [-0.4, -0.2) is 31.2 Å². The highest BCUT2D eigenvalue weighted by Gasteiger charge is 2.29. The van der Waals surface area contributed by atoms with E-state index in [1.807, 2.05) is 24.3 Å². The summed E-state index contributed by atoms with van der Waals surface area (Å²) < 4.78 is 5.35. The molecule has 0 atom stereocenters. The standard InChI is InChI=1S/C16H24N2O2/c1-3-10-17-14-6-4-13(5-7-14)15(19)18-16(2)8-11-20-12-9-16/h4-7,17H,3,8-12H2,1-2H3,(H,18,19). The molecule has 0 unspecified atom stereocenters. The molecule has 1 aliphatic rings. The van der Waals surface area contributed by atoms with E-state index in [0.29, 0.717) is 5.56 Å². The van der Waals surface area contributed by atoms with E-state index in [4.69, 9.17) is 4.74 Å². The first-order valence-electron chi connectivity index (χ1n) is 7.37. The van der Waals surface area contributed by atoms with Gasteiger partial charge in [0.1, 0.15) is 0 Å². The second kappa shape index (κ2) is 6.75. The van der Waals surface area contributed by atoms with Crippen molar-refractivity contribution in [2.75, 3.05) is 25.1 Å². The Balaban J connectivity index is 1.94. The van der Waals surface area contributed by atoms with E-state index in [2.05, 4.69) is 24.5 Å². The van der Waals surface area contributed by atoms with Gasteiger partial charge in [0.15, 0.2) is 0 Å². The molecular formula is C16H24N2O2. The van der Waals surface area contributed by atoms with Crippen LogP contribution in [0.3, 0.4) is 0 Å². The molecule has 2 N–H and O–H groups in total. The molecule has 1 heterocycles. The van der Waals surface area contributed by atoms with Crippen LogP contribution in [0.5, 0.6) is 0 Å². The van der Waals surface area contributed by atoms with Gasteiger partial charge in [-0.25, -0.2) is 0 Å². The fourth-order valence-corrected chi connectivity index (χ4v) is 2.30. The number of anilines is 1. The predicted molar refractivity (Wildman–Crippen MR) is 81.1 cm³/mol. The summed E-state index contributed by atoms with van der Waals surface area (Å²) in [6.45, 7) is 6.60. The third-order valence-corrected chi connectivity index (χ3v) is 3.74. The Morgan fingerprint density at radius 3 is 2.50 bits per heavy atom. The van der Waals surface area contributed by atoms with Gasteiger partial charge in [-0.05, 0) is 50.5 Å². The van der Waals surface area contributed by atoms with E-state index in [9.17, 15) is 4.79 Å². The zero-order chi connectivity index (χ0) is 14.4. The smallest absolute Gasteiger partial charge is 0.251 e. The summed E-state index contributed by atoms with van der Waals surface area (Å²) in [5, 5.41) is 6.44. The van der Waals surface area contributed by atoms with Gasteiger partial charge in [-0.3, -0.25) is 4.79 Å². The van der Waals surface area contributed by atoms with Crippen LogP contribution in [0.15, 0.2) is 24.3 Å². The summed E-state index contributed by atoms with van der Waals surface area (Å²) in [4.78, 5) is 12.3. The van der Waals surface area contributed by atoms with Crippen LogP contribution in [0.2, 0.25) is 0 Å². The second-order valence-electron chi connectivity index (χ2n) is 5.63. The first-order chi connectivity index (χ1) is 9.63. The van der Waals surface area contributed by atoms with E-state index < -0.39 is 0 Å². The second-order valence-corrected chi connectivity index (χ2v) is 5.63. The summed E-state index contributed by atoms with van der Waals surface area (Å²) in [6.07, 6.45) is 2.83. The number of hydrogen-bond acceptors (Lipinski definition) is 3. The monoisotopic (exact) mass is 276 g/mol. The van der Waals surface area contributed by atoms with Crippen molar-refractivity contribution < 1.29 is 9.53 Å². The first kappa shape index (κ1) is 14.9. The quantitative estimate of drug-likeness (QED) is 0.869. The number of carbonyl (C=O) groups is 1. The number of hydrogen-bond donors (Lipinski definition) is 2. The Morgan fingerprint density at radius 2 is 1.90 bits per heavy atom. The van der Waals surface area contributed by atoms with Crippen LogP contribution in [0, 0.1) is 0 Å². The van der Waals surface area contributed by atoms with Crippen LogP contribution < -0.4 is 10.6 Å². The molecule has 1 fully saturated rings. The summed E-state index contributed by atoms with van der Waals surface area (Å²) in [7, 11) is 0. The van der Waals surface area contributed by atoms with E-state index in [1.54, 1.807) is 0 Å². The van der Waals surface area contributed by atoms with E-state index in [-0.39, 0.29) is 11.4 Å². The van der Waals surface area contributed by atoms with Crippen LogP contribution in [0.4, 0.5) is 5.69 Å². The highest BCUT2D eigenvalue weighted by atomic mass is 16.5. The maximum Gasteiger partial charge on any atom is 0.251 e. The Kier molecular flexibility index (Phi) is 5.01. The number of carbonyl (C=O) groups excluding carboxylic acids is 1. The fourth-order valence-electron chi connectivity index (χ4n) is 2.30. The van der Waals surface area contributed by atoms with E-state index in [0.717, 1.165) is 44.7 Å². The Labute approximate surface area is 120 Å². The molecule has 0 saturated carbocycles. The topological polar surface area (TPSA) is 50.4 Å². The third-order valence-electron chi connectivity index (χ3n) is 3.74. The predicted octanol–water partition coefficient (Wildman–Crippen LogP) is 2.81. The highest BCUT2D eigenvalue weighted by Crippen LogP contribution is 2.20. The number of amides is 1. The number of ether oxygens (including phenoxy) is 1. The van der Waals surface area contributed by atoms with Crippen molar-refractivity contribution in [1.82, 2.24) is 5.32 Å². The molecule has 2 rings (SSSR count). The largest absolute Gasteiger partial charge is 0.385 e. The highest BCUT2D eigenvalue weighted by molar-refractivity contribution is 5.95. The molecule has 1 aromatic carbocycles. The molecular weight excluding hydrogens is 252 g/mol. The maximum atomic E-state index is 12.3. The molecule has 0 aromatic heterocycles. The van der Waals surface area contributed by atoms with Gasteiger partial charge in [0, 0.05) is 36.5 Å². The van der Waals surface area contributed by atoms with Crippen molar-refractivity contribution in [3.63, 3.8) is 0 Å². The molecule has 1 saturated heterocycles. The summed E-state index contributed by atoms with van der Waals surface area (Å²) >= 11 is 0. The molecule has 4 heteroatoms. The molecule has 0 radical (unpaired) electrons. The van der Waals surface area contributed by atoms with Crippen molar-refractivity contribution in [2.24, 2.45) is 0 Å². The maximum absolute atomic E-state index is 12.3. The molecule has 0 bridgehead atoms. The number of rotatable bonds is 5. The van der Waals surface area contributed by atoms with Gasteiger partial charge in [0.2, 0.25) is 0 Å². The fraction of sp³-hybridized carbons (Fsp3) is 0.562. The minimum absolute atomic E-state index is 0.00329. The average Bonchev–Trinajstić information content (AvgIpc) is 2.46. The van der Waals surface area contributed by atoms with Gasteiger partial charge in [0.05, 0.1) is 0 Å². The third kappa shape index (κ3) is 3.97. The van der Waals surface area contributed by atoms with Crippen LogP contribution in [-0.2, 0) is 4.74 Å². The van der Waals surface area contributed by atoms with Gasteiger partial charge >= 0.3 is 0 Å². The molecule has 20 heavy (non-hydrogen) atoms. The summed E-state index contributed by atoms with van der Waals surface area (Å²) in [5.41, 5.74) is 1.62. The normalized spacial score (nSPS) is 17.5. The molecule has 0 aliphatic carbocycles. The van der Waals surface area contributed by atoms with Crippen molar-refractivity contribution in [3.8, 4) is 0 Å². The van der Waals surface area contributed by atoms with Gasteiger partial charge in [0.25, 0.3) is 5.91 Å². The SMILES string of the molecule is CCCNc1ccc(C(=O)NC2(C)CCOCC2)cc1. The average molecular weight is 276 g/mol. The minimum Gasteiger partial charge on any atom is -0.385 e. The molecule has 4 nitrogen and oxygen atoms in total. The van der Waals surface area contributed by atoms with Crippen molar-refractivity contribution in [3.05, 3.63) is 29.8 Å². The van der Waals surface area contributed by atoms with E-state index >= 15 is 0 Å². The lowest BCUT2D eigenvalue weighted by Gasteiger charge is -2.34. The number of benzene rings is 1. The van der Waals surface area contributed by atoms with E-state index in [1.165, 1.54) is 0 Å². The minimum atomic E-state index is -0.144. The Bertz CT molecular complexity index is 436. The van der Waals surface area contributed by atoms with Gasteiger partial charge in [-0.1, -0.05) is 6.92 Å². The molecule has 1 amide bonds. The van der Waals surface area contributed by atoms with Crippen LogP contribution in [0.1, 0.15) is 43.5 Å². The van der Waals surface area contributed by atoms with Crippen molar-refractivity contribution in [1.29, 1.82) is 0 Å². The molecule has 0 spiro atoms. The van der Waals surface area contributed by atoms with Gasteiger partial charge in [-0.15, -0.1) is 0 Å². The number of nitrogens with one attached hydrogen (secondary N) is 2. The summed E-state index contributed by atoms with van der Waals surface area (Å²) in [5.74, 6) is -0.00329. The molecule has 1 aromatic rings. The van der Waals surface area contributed by atoms with Crippen molar-refractivity contribution in [2.45, 2.75) is 38.6 Å². The van der Waals surface area contributed by atoms with Gasteiger partial charge < -0.3 is 15.4 Å². The lowest BCUT2D eigenvalue weighted by Crippen LogP contribution is -2.49. The Hall–Kier alpha value is -1.55. The van der Waals surface area contributed by atoms with Crippen LogP contribution >= 0.6 is 0 Å². The zero-order valence-corrected chi connectivity index (χ0v) is 12.4. The molecule has 110 valence electrons. The first-order valence-corrected chi connectivity index (χ1v) is 7.37. The van der Waals surface area contributed by atoms with Crippen molar-refractivity contribution >= 4 is 11.6 Å². The van der Waals surface area contributed by atoms with Gasteiger partial charge in [-0.2, -0.15) is 0 Å². The zero-order valence-electron chi connectivity index (χ0n) is 12.4. The Morgan fingerprint density at radius 1 is 1.25 bits per heavy atom. The van der Waals surface area contributed by atoms with Crippen LogP contribution in [0.25, 0.3) is 0 Å². The lowest BCUT2D eigenvalue weighted by atomic mass is 9.92. The lowest BCUT2D eigenvalue weighted by molar-refractivity contribution is 0.0423. The summed E-state index contributed by atoms with van der Waals surface area (Å²) in [6, 6.07) is 7.65.